The lowest BCUT2D eigenvalue weighted by Crippen LogP contribution is -2.38. The van der Waals surface area contributed by atoms with Crippen molar-refractivity contribution in [2.24, 2.45) is 0 Å². The molecular weight excluding hydrogens is 394 g/mol. The van der Waals surface area contributed by atoms with E-state index >= 15 is 0 Å². The molecule has 29 heavy (non-hydrogen) atoms. The van der Waals surface area contributed by atoms with E-state index in [1.54, 1.807) is 39.8 Å². The van der Waals surface area contributed by atoms with Crippen molar-refractivity contribution in [3.05, 3.63) is 29.3 Å². The number of carbonyl (C=O) groups is 2. The number of benzene rings is 1. The van der Waals surface area contributed by atoms with Gasteiger partial charge in [0, 0.05) is 31.7 Å². The van der Waals surface area contributed by atoms with Crippen LogP contribution in [0.4, 0.5) is 4.79 Å². The first-order chi connectivity index (χ1) is 13.5. The van der Waals surface area contributed by atoms with Gasteiger partial charge >= 0.3 is 6.09 Å². The number of aryl methyl sites for hydroxylation is 1. The standard InChI is InChI=1S/C20H31N3O5S/c1-15-8-9-16(14-17(15)29(26,27)23-12-6-5-7-13-23)18(24)21-10-11-22-19(25)28-20(2,3)4/h8-9,14H,5-7,10-13H2,1-4H3,(H,21,24)(H,22,25). The molecular formula is C20H31N3O5S. The number of hydrogen-bond donors (Lipinski definition) is 2. The molecule has 0 aliphatic carbocycles. The number of sulfonamides is 1. The van der Waals surface area contributed by atoms with Gasteiger partial charge in [0.05, 0.1) is 4.90 Å². The molecule has 2 rings (SSSR count). The van der Waals surface area contributed by atoms with Gasteiger partial charge in [0.1, 0.15) is 5.60 Å². The predicted molar refractivity (Wildman–Crippen MR) is 110 cm³/mol. The highest BCUT2D eigenvalue weighted by Crippen LogP contribution is 2.24. The first-order valence-corrected chi connectivity index (χ1v) is 11.3. The zero-order valence-electron chi connectivity index (χ0n) is 17.6. The van der Waals surface area contributed by atoms with E-state index in [-0.39, 0.29) is 23.5 Å². The van der Waals surface area contributed by atoms with Crippen LogP contribution in [0.1, 0.15) is 56.0 Å². The van der Waals surface area contributed by atoms with E-state index < -0.39 is 27.6 Å². The van der Waals surface area contributed by atoms with Crippen LogP contribution < -0.4 is 10.6 Å². The minimum absolute atomic E-state index is 0.166. The van der Waals surface area contributed by atoms with Crippen molar-refractivity contribution < 1.29 is 22.7 Å². The van der Waals surface area contributed by atoms with Crippen LogP contribution in [0, 0.1) is 6.92 Å². The smallest absolute Gasteiger partial charge is 0.407 e. The van der Waals surface area contributed by atoms with Gasteiger partial charge in [-0.05, 0) is 58.2 Å². The van der Waals surface area contributed by atoms with Crippen LogP contribution >= 0.6 is 0 Å². The summed E-state index contributed by atoms with van der Waals surface area (Å²) in [6, 6.07) is 4.67. The Balaban J connectivity index is 1.98. The summed E-state index contributed by atoms with van der Waals surface area (Å²) in [5, 5.41) is 5.23. The van der Waals surface area contributed by atoms with E-state index in [0.717, 1.165) is 19.3 Å². The Hall–Kier alpha value is -2.13. The number of hydrogen-bond acceptors (Lipinski definition) is 5. The van der Waals surface area contributed by atoms with Gasteiger partial charge < -0.3 is 15.4 Å². The second kappa shape index (κ2) is 9.58. The van der Waals surface area contributed by atoms with Crippen LogP contribution in [0.15, 0.2) is 23.1 Å². The third-order valence-corrected chi connectivity index (χ3v) is 6.50. The number of nitrogens with zero attached hydrogens (tertiary/aromatic N) is 1. The molecule has 1 fully saturated rings. The lowest BCUT2D eigenvalue weighted by Gasteiger charge is -2.26. The Morgan fingerprint density at radius 1 is 1.07 bits per heavy atom. The lowest BCUT2D eigenvalue weighted by molar-refractivity contribution is 0.0526. The highest BCUT2D eigenvalue weighted by molar-refractivity contribution is 7.89. The van der Waals surface area contributed by atoms with Crippen molar-refractivity contribution in [1.29, 1.82) is 0 Å². The molecule has 1 saturated heterocycles. The fraction of sp³-hybridized carbons (Fsp3) is 0.600. The van der Waals surface area contributed by atoms with Gasteiger partial charge in [0.2, 0.25) is 10.0 Å². The van der Waals surface area contributed by atoms with Crippen molar-refractivity contribution in [1.82, 2.24) is 14.9 Å². The first-order valence-electron chi connectivity index (χ1n) is 9.86. The van der Waals surface area contributed by atoms with Crippen molar-refractivity contribution in [2.45, 2.75) is 57.5 Å². The van der Waals surface area contributed by atoms with Gasteiger partial charge in [-0.25, -0.2) is 13.2 Å². The number of carbonyl (C=O) groups excluding carboxylic acids is 2. The summed E-state index contributed by atoms with van der Waals surface area (Å²) in [5.74, 6) is -0.397. The maximum Gasteiger partial charge on any atom is 0.407 e. The molecule has 0 saturated carbocycles. The normalized spacial score (nSPS) is 15.6. The molecule has 1 aliphatic heterocycles. The highest BCUT2D eigenvalue weighted by Gasteiger charge is 2.28. The van der Waals surface area contributed by atoms with E-state index in [9.17, 15) is 18.0 Å². The molecule has 1 aromatic carbocycles. The fourth-order valence-corrected chi connectivity index (χ4v) is 4.79. The lowest BCUT2D eigenvalue weighted by atomic mass is 10.1. The minimum Gasteiger partial charge on any atom is -0.444 e. The summed E-state index contributed by atoms with van der Waals surface area (Å²) < 4.78 is 32.5. The Kier molecular flexibility index (Phi) is 7.65. The molecule has 162 valence electrons. The van der Waals surface area contributed by atoms with Gasteiger partial charge in [0.25, 0.3) is 5.91 Å². The summed E-state index contributed by atoms with van der Waals surface area (Å²) >= 11 is 0. The third kappa shape index (κ3) is 6.71. The molecule has 0 atom stereocenters. The summed E-state index contributed by atoms with van der Waals surface area (Å²) in [6.07, 6.45) is 2.17. The van der Waals surface area contributed by atoms with Crippen molar-refractivity contribution in [2.75, 3.05) is 26.2 Å². The summed E-state index contributed by atoms with van der Waals surface area (Å²) in [7, 11) is -3.62. The number of ether oxygens (including phenoxy) is 1. The molecule has 8 nitrogen and oxygen atoms in total. The van der Waals surface area contributed by atoms with Crippen LogP contribution in [-0.2, 0) is 14.8 Å². The molecule has 0 aromatic heterocycles. The van der Waals surface area contributed by atoms with Crippen LogP contribution in [0.2, 0.25) is 0 Å². The summed E-state index contributed by atoms with van der Waals surface area (Å²) in [6.45, 7) is 8.43. The second-order valence-corrected chi connectivity index (χ2v) is 10.0. The van der Waals surface area contributed by atoms with E-state index in [1.165, 1.54) is 10.4 Å². The van der Waals surface area contributed by atoms with Crippen LogP contribution in [0.25, 0.3) is 0 Å². The Morgan fingerprint density at radius 3 is 2.31 bits per heavy atom. The van der Waals surface area contributed by atoms with Gasteiger partial charge in [-0.1, -0.05) is 12.5 Å². The predicted octanol–water partition coefficient (Wildman–Crippen LogP) is 2.42. The Bertz CT molecular complexity index is 840. The van der Waals surface area contributed by atoms with Gasteiger partial charge in [-0.3, -0.25) is 4.79 Å². The third-order valence-electron chi connectivity index (χ3n) is 4.46. The van der Waals surface area contributed by atoms with Crippen molar-refractivity contribution in [3.63, 3.8) is 0 Å². The largest absolute Gasteiger partial charge is 0.444 e. The number of amides is 2. The molecule has 0 spiro atoms. The summed E-state index contributed by atoms with van der Waals surface area (Å²) in [4.78, 5) is 24.2. The second-order valence-electron chi connectivity index (χ2n) is 8.13. The average molecular weight is 426 g/mol. The topological polar surface area (TPSA) is 105 Å². The molecule has 2 amide bonds. The van der Waals surface area contributed by atoms with Gasteiger partial charge in [-0.2, -0.15) is 4.31 Å². The van der Waals surface area contributed by atoms with E-state index in [2.05, 4.69) is 10.6 Å². The van der Waals surface area contributed by atoms with Gasteiger partial charge in [0.15, 0.2) is 0 Å². The fourth-order valence-electron chi connectivity index (χ4n) is 3.02. The van der Waals surface area contributed by atoms with Crippen LogP contribution in [-0.4, -0.2) is 56.5 Å². The van der Waals surface area contributed by atoms with Gasteiger partial charge in [-0.15, -0.1) is 0 Å². The first kappa shape index (κ1) is 23.2. The number of nitrogens with one attached hydrogen (secondary N) is 2. The molecule has 0 unspecified atom stereocenters. The molecule has 1 aliphatic rings. The average Bonchev–Trinajstić information content (AvgIpc) is 2.64. The van der Waals surface area contributed by atoms with Crippen LogP contribution in [0.3, 0.4) is 0 Å². The number of rotatable bonds is 6. The summed E-state index contributed by atoms with van der Waals surface area (Å²) in [5.41, 5.74) is 0.285. The maximum absolute atomic E-state index is 13.0. The number of alkyl carbamates (subject to hydrolysis) is 1. The van der Waals surface area contributed by atoms with E-state index in [1.807, 2.05) is 0 Å². The van der Waals surface area contributed by atoms with Crippen LogP contribution in [0.5, 0.6) is 0 Å². The maximum atomic E-state index is 13.0. The SMILES string of the molecule is Cc1ccc(C(=O)NCCNC(=O)OC(C)(C)C)cc1S(=O)(=O)N1CCCCC1. The quantitative estimate of drug-likeness (QED) is 0.681. The molecule has 1 aromatic rings. The Morgan fingerprint density at radius 2 is 1.69 bits per heavy atom. The van der Waals surface area contributed by atoms with Crippen molar-refractivity contribution >= 4 is 22.0 Å². The highest BCUT2D eigenvalue weighted by atomic mass is 32.2. The number of piperidine rings is 1. The zero-order chi connectivity index (χ0) is 21.7. The molecule has 2 N–H and O–H groups in total. The minimum atomic E-state index is -3.62. The Labute approximate surface area is 173 Å². The monoisotopic (exact) mass is 425 g/mol. The van der Waals surface area contributed by atoms with E-state index in [4.69, 9.17) is 4.74 Å². The molecule has 9 heteroatoms. The van der Waals surface area contributed by atoms with Crippen molar-refractivity contribution in [3.8, 4) is 0 Å². The molecule has 0 radical (unpaired) electrons. The molecule has 1 heterocycles. The van der Waals surface area contributed by atoms with E-state index in [0.29, 0.717) is 18.7 Å². The zero-order valence-corrected chi connectivity index (χ0v) is 18.4. The molecule has 0 bridgehead atoms.